The van der Waals surface area contributed by atoms with Gasteiger partial charge in [0.1, 0.15) is 0 Å². The zero-order valence-electron chi connectivity index (χ0n) is 9.77. The van der Waals surface area contributed by atoms with E-state index in [1.807, 2.05) is 7.05 Å². The molecule has 0 radical (unpaired) electrons. The number of hydrogen-bond acceptors (Lipinski definition) is 5. The first-order valence-corrected chi connectivity index (χ1v) is 6.41. The van der Waals surface area contributed by atoms with Crippen LogP contribution in [0.25, 0.3) is 0 Å². The first-order valence-electron chi connectivity index (χ1n) is 5.60. The van der Waals surface area contributed by atoms with Crippen molar-refractivity contribution in [3.8, 4) is 0 Å². The van der Waals surface area contributed by atoms with Gasteiger partial charge in [-0.2, -0.15) is 0 Å². The van der Waals surface area contributed by atoms with E-state index in [0.29, 0.717) is 6.61 Å². The maximum Gasteiger partial charge on any atom is 0.185 e. The minimum Gasteiger partial charge on any atom is -0.388 e. The molecule has 0 amide bonds. The first kappa shape index (κ1) is 11.8. The van der Waals surface area contributed by atoms with Crippen molar-refractivity contribution in [3.63, 3.8) is 0 Å². The molecular weight excluding hydrogens is 224 g/mol. The third kappa shape index (κ3) is 2.36. The van der Waals surface area contributed by atoms with E-state index in [4.69, 9.17) is 4.74 Å². The quantitative estimate of drug-likeness (QED) is 0.871. The predicted octanol–water partition coefficient (Wildman–Crippen LogP) is 1.60. The van der Waals surface area contributed by atoms with E-state index >= 15 is 0 Å². The standard InChI is InChI=1S/C11H18N2O2S/c1-13(6-7-15-2)11-12-8-4-3-5-9(14)10(8)16-11/h9,14H,3-7H2,1-2H3. The Morgan fingerprint density at radius 2 is 2.44 bits per heavy atom. The van der Waals surface area contributed by atoms with Crippen LogP contribution in [-0.4, -0.2) is 37.4 Å². The highest BCUT2D eigenvalue weighted by atomic mass is 32.1. The summed E-state index contributed by atoms with van der Waals surface area (Å²) in [5.74, 6) is 0. The van der Waals surface area contributed by atoms with Gasteiger partial charge in [0.2, 0.25) is 0 Å². The van der Waals surface area contributed by atoms with Gasteiger partial charge in [0, 0.05) is 20.7 Å². The molecule has 16 heavy (non-hydrogen) atoms. The van der Waals surface area contributed by atoms with E-state index in [2.05, 4.69) is 9.88 Å². The summed E-state index contributed by atoms with van der Waals surface area (Å²) in [6, 6.07) is 0. The van der Waals surface area contributed by atoms with E-state index in [1.54, 1.807) is 18.4 Å². The van der Waals surface area contributed by atoms with Crippen molar-refractivity contribution >= 4 is 16.5 Å². The number of aliphatic hydroxyl groups is 1. The van der Waals surface area contributed by atoms with Crippen molar-refractivity contribution in [2.75, 3.05) is 32.2 Å². The third-order valence-corrected chi connectivity index (χ3v) is 4.18. The van der Waals surface area contributed by atoms with E-state index in [9.17, 15) is 5.11 Å². The minimum atomic E-state index is -0.300. The van der Waals surface area contributed by atoms with Gasteiger partial charge < -0.3 is 14.7 Å². The second-order valence-electron chi connectivity index (χ2n) is 4.13. The van der Waals surface area contributed by atoms with Gasteiger partial charge >= 0.3 is 0 Å². The molecule has 1 aliphatic carbocycles. The van der Waals surface area contributed by atoms with Crippen molar-refractivity contribution in [2.45, 2.75) is 25.4 Å². The first-order chi connectivity index (χ1) is 7.72. The fraction of sp³-hybridized carbons (Fsp3) is 0.727. The summed E-state index contributed by atoms with van der Waals surface area (Å²) in [5.41, 5.74) is 1.09. The summed E-state index contributed by atoms with van der Waals surface area (Å²) in [6.07, 6.45) is 2.61. The van der Waals surface area contributed by atoms with Gasteiger partial charge in [-0.3, -0.25) is 0 Å². The van der Waals surface area contributed by atoms with Gasteiger partial charge in [-0.05, 0) is 19.3 Å². The van der Waals surface area contributed by atoms with Gasteiger partial charge in [0.15, 0.2) is 5.13 Å². The molecule has 0 bridgehead atoms. The Morgan fingerprint density at radius 1 is 1.62 bits per heavy atom. The third-order valence-electron chi connectivity index (χ3n) is 2.87. The molecule has 1 atom stereocenters. The summed E-state index contributed by atoms with van der Waals surface area (Å²) in [5, 5.41) is 10.8. The van der Waals surface area contributed by atoms with Crippen molar-refractivity contribution in [1.29, 1.82) is 0 Å². The van der Waals surface area contributed by atoms with Gasteiger partial charge in [0.05, 0.1) is 23.3 Å². The highest BCUT2D eigenvalue weighted by molar-refractivity contribution is 7.15. The van der Waals surface area contributed by atoms with Crippen LogP contribution in [0.15, 0.2) is 0 Å². The van der Waals surface area contributed by atoms with Crippen LogP contribution in [0.3, 0.4) is 0 Å². The molecule has 0 aliphatic heterocycles. The number of fused-ring (bicyclic) bond motifs is 1. The molecule has 0 saturated heterocycles. The zero-order valence-corrected chi connectivity index (χ0v) is 10.6. The van der Waals surface area contributed by atoms with Crippen LogP contribution in [-0.2, 0) is 11.2 Å². The molecule has 4 nitrogen and oxygen atoms in total. The number of anilines is 1. The van der Waals surface area contributed by atoms with E-state index in [0.717, 1.165) is 41.5 Å². The lowest BCUT2D eigenvalue weighted by molar-refractivity contribution is 0.160. The molecular formula is C11H18N2O2S. The number of thiazole rings is 1. The van der Waals surface area contributed by atoms with Crippen molar-refractivity contribution in [3.05, 3.63) is 10.6 Å². The van der Waals surface area contributed by atoms with Crippen LogP contribution in [0.5, 0.6) is 0 Å². The zero-order chi connectivity index (χ0) is 11.5. The second kappa shape index (κ2) is 5.12. The van der Waals surface area contributed by atoms with Crippen molar-refractivity contribution in [1.82, 2.24) is 4.98 Å². The minimum absolute atomic E-state index is 0.300. The molecule has 1 N–H and O–H groups in total. The number of aromatic nitrogens is 1. The fourth-order valence-corrected chi connectivity index (χ4v) is 2.99. The topological polar surface area (TPSA) is 45.6 Å². The van der Waals surface area contributed by atoms with Crippen LogP contribution in [0.2, 0.25) is 0 Å². The summed E-state index contributed by atoms with van der Waals surface area (Å²) in [4.78, 5) is 7.73. The highest BCUT2D eigenvalue weighted by Crippen LogP contribution is 2.36. The molecule has 1 aromatic heterocycles. The Hall–Kier alpha value is -0.650. The molecule has 2 rings (SSSR count). The van der Waals surface area contributed by atoms with Gasteiger partial charge in [-0.25, -0.2) is 4.98 Å². The number of rotatable bonds is 4. The van der Waals surface area contributed by atoms with Crippen LogP contribution < -0.4 is 4.90 Å². The Bertz CT molecular complexity index is 354. The number of aryl methyl sites for hydroxylation is 1. The van der Waals surface area contributed by atoms with Crippen LogP contribution >= 0.6 is 11.3 Å². The Morgan fingerprint density at radius 3 is 3.12 bits per heavy atom. The van der Waals surface area contributed by atoms with E-state index < -0.39 is 0 Å². The average molecular weight is 242 g/mol. The molecule has 1 unspecified atom stereocenters. The van der Waals surface area contributed by atoms with Crippen LogP contribution in [0.1, 0.15) is 29.5 Å². The molecule has 1 aliphatic rings. The molecule has 90 valence electrons. The fourth-order valence-electron chi connectivity index (χ4n) is 1.87. The lowest BCUT2D eigenvalue weighted by atomic mass is 10.0. The summed E-state index contributed by atoms with van der Waals surface area (Å²) in [6.45, 7) is 1.53. The molecule has 1 heterocycles. The normalized spacial score (nSPS) is 19.6. The summed E-state index contributed by atoms with van der Waals surface area (Å²) < 4.78 is 5.04. The molecule has 5 heteroatoms. The number of likely N-dealkylation sites (N-methyl/N-ethyl adjacent to an activating group) is 1. The SMILES string of the molecule is COCCN(C)c1nc2c(s1)C(O)CCC2. The molecule has 0 aromatic carbocycles. The van der Waals surface area contributed by atoms with Crippen LogP contribution in [0, 0.1) is 0 Å². The molecule has 1 aromatic rings. The van der Waals surface area contributed by atoms with Gasteiger partial charge in [-0.1, -0.05) is 11.3 Å². The number of ether oxygens (including phenoxy) is 1. The maximum absolute atomic E-state index is 9.86. The Balaban J connectivity index is 2.11. The smallest absolute Gasteiger partial charge is 0.185 e. The summed E-state index contributed by atoms with van der Waals surface area (Å²) >= 11 is 1.61. The lowest BCUT2D eigenvalue weighted by Crippen LogP contribution is -2.21. The Kier molecular flexibility index (Phi) is 3.78. The number of methoxy groups -OCH3 is 1. The Labute approximate surface area is 99.9 Å². The van der Waals surface area contributed by atoms with Gasteiger partial charge in [-0.15, -0.1) is 0 Å². The largest absolute Gasteiger partial charge is 0.388 e. The highest BCUT2D eigenvalue weighted by Gasteiger charge is 2.23. The maximum atomic E-state index is 9.86. The van der Waals surface area contributed by atoms with E-state index in [-0.39, 0.29) is 6.10 Å². The lowest BCUT2D eigenvalue weighted by Gasteiger charge is -2.14. The average Bonchev–Trinajstić information content (AvgIpc) is 2.71. The van der Waals surface area contributed by atoms with Crippen LogP contribution in [0.4, 0.5) is 5.13 Å². The molecule has 0 spiro atoms. The van der Waals surface area contributed by atoms with Crippen molar-refractivity contribution in [2.24, 2.45) is 0 Å². The molecule has 0 saturated carbocycles. The predicted molar refractivity (Wildman–Crippen MR) is 65.2 cm³/mol. The second-order valence-corrected chi connectivity index (χ2v) is 5.14. The number of aliphatic hydroxyl groups excluding tert-OH is 1. The summed E-state index contributed by atoms with van der Waals surface area (Å²) in [7, 11) is 3.71. The molecule has 0 fully saturated rings. The number of nitrogens with zero attached hydrogens (tertiary/aromatic N) is 2. The van der Waals surface area contributed by atoms with E-state index in [1.165, 1.54) is 0 Å². The number of hydrogen-bond donors (Lipinski definition) is 1. The van der Waals surface area contributed by atoms with Gasteiger partial charge in [0.25, 0.3) is 0 Å². The van der Waals surface area contributed by atoms with Crippen molar-refractivity contribution < 1.29 is 9.84 Å². The monoisotopic (exact) mass is 242 g/mol.